The smallest absolute Gasteiger partial charge is 0.305 e. The Kier molecular flexibility index (Phi) is 8.67. The van der Waals surface area contributed by atoms with Gasteiger partial charge in [-0.15, -0.1) is 0 Å². The van der Waals surface area contributed by atoms with Gasteiger partial charge in [0.15, 0.2) is 5.60 Å². The van der Waals surface area contributed by atoms with E-state index in [4.69, 9.17) is 14.2 Å². The molecule has 1 amide bonds. The lowest BCUT2D eigenvalue weighted by molar-refractivity contribution is -0.385. The third-order valence-electron chi connectivity index (χ3n) is 8.68. The summed E-state index contributed by atoms with van der Waals surface area (Å²) in [6.07, 6.45) is 1.26. The van der Waals surface area contributed by atoms with Crippen molar-refractivity contribution in [1.82, 2.24) is 0 Å². The quantitative estimate of drug-likeness (QED) is 0.142. The number of carbonyl (C=O) groups is 2. The van der Waals surface area contributed by atoms with Gasteiger partial charge in [0, 0.05) is 43.2 Å². The van der Waals surface area contributed by atoms with Crippen LogP contribution in [-0.2, 0) is 24.7 Å². The number of methoxy groups -OCH3 is 2. The Labute approximate surface area is 235 Å². The van der Waals surface area contributed by atoms with Gasteiger partial charge in [-0.3, -0.25) is 19.7 Å². The molecule has 4 atom stereocenters. The average molecular weight is 571 g/mol. The number of rotatable bonds is 11. The summed E-state index contributed by atoms with van der Waals surface area (Å²) in [6.45, 7) is 6.71. The number of aliphatic hydroxyl groups is 1. The normalized spacial score (nSPS) is 23.9. The zero-order valence-electron chi connectivity index (χ0n) is 23.7. The van der Waals surface area contributed by atoms with Crippen LogP contribution >= 0.6 is 0 Å². The molecule has 1 fully saturated rings. The molecule has 11 heteroatoms. The minimum Gasteiger partial charge on any atom is -0.497 e. The van der Waals surface area contributed by atoms with Crippen molar-refractivity contribution in [1.29, 1.82) is 0 Å². The molecule has 0 saturated carbocycles. The van der Waals surface area contributed by atoms with Crippen LogP contribution in [0.2, 0.25) is 18.6 Å². The van der Waals surface area contributed by atoms with Crippen LogP contribution in [0.15, 0.2) is 42.5 Å². The minimum atomic E-state index is -2.34. The minimum absolute atomic E-state index is 0.0663. The molecule has 4 rings (SSSR count). The van der Waals surface area contributed by atoms with Crippen molar-refractivity contribution in [2.24, 2.45) is 5.92 Å². The van der Waals surface area contributed by atoms with Crippen LogP contribution in [0.25, 0.3) is 0 Å². The van der Waals surface area contributed by atoms with E-state index in [1.807, 2.05) is 19.1 Å². The molecule has 0 radical (unpaired) electrons. The predicted octanol–water partition coefficient (Wildman–Crippen LogP) is 3.89. The number of anilines is 1. The van der Waals surface area contributed by atoms with Gasteiger partial charge >= 0.3 is 5.97 Å². The Morgan fingerprint density at radius 1 is 1.18 bits per heavy atom. The van der Waals surface area contributed by atoms with Gasteiger partial charge < -0.3 is 24.2 Å². The molecule has 2 aromatic carbocycles. The number of nitro benzene ring substituents is 1. The van der Waals surface area contributed by atoms with E-state index >= 15 is 0 Å². The van der Waals surface area contributed by atoms with Gasteiger partial charge in [0.1, 0.15) is 5.75 Å². The molecular formula is C29H38N2O8Si. The summed E-state index contributed by atoms with van der Waals surface area (Å²) >= 11 is 0. The Morgan fingerprint density at radius 2 is 1.88 bits per heavy atom. The monoisotopic (exact) mass is 570 g/mol. The summed E-state index contributed by atoms with van der Waals surface area (Å²) in [6, 6.07) is 12.5. The van der Waals surface area contributed by atoms with E-state index in [0.717, 1.165) is 10.9 Å². The molecule has 10 nitrogen and oxygen atoms in total. The number of amides is 1. The zero-order chi connectivity index (χ0) is 29.2. The van der Waals surface area contributed by atoms with Crippen LogP contribution in [0.4, 0.5) is 11.4 Å². The van der Waals surface area contributed by atoms with E-state index in [0.29, 0.717) is 37.1 Å². The average Bonchev–Trinajstić information content (AvgIpc) is 3.37. The lowest BCUT2D eigenvalue weighted by Gasteiger charge is -2.37. The summed E-state index contributed by atoms with van der Waals surface area (Å²) in [5.41, 5.74) is -0.498. The molecule has 2 aliphatic rings. The first-order valence-electron chi connectivity index (χ1n) is 13.6. The van der Waals surface area contributed by atoms with Gasteiger partial charge in [-0.2, -0.15) is 0 Å². The molecule has 1 spiro atoms. The van der Waals surface area contributed by atoms with Gasteiger partial charge in [0.05, 0.1) is 39.0 Å². The van der Waals surface area contributed by atoms with E-state index in [2.05, 4.69) is 25.2 Å². The summed E-state index contributed by atoms with van der Waals surface area (Å²) in [5, 5.41) is 22.9. The fraction of sp³-hybridized carbons (Fsp3) is 0.517. The molecule has 216 valence electrons. The highest BCUT2D eigenvalue weighted by Gasteiger charge is 2.66. The molecule has 0 aromatic heterocycles. The Morgan fingerprint density at radius 3 is 2.48 bits per heavy atom. The molecule has 40 heavy (non-hydrogen) atoms. The van der Waals surface area contributed by atoms with Crippen LogP contribution in [0.1, 0.15) is 38.2 Å². The van der Waals surface area contributed by atoms with E-state index in [1.54, 1.807) is 18.1 Å². The SMILES string of the molecule is COC(=O)CCCCN1C(=O)[C@@]2(O[C@@H](CCO)[C@H]([Si](C)(C)c3ccc(OC)cc3)[C@H]2C)c2cc([N+](=O)[O-])ccc21. The van der Waals surface area contributed by atoms with Crippen molar-refractivity contribution in [2.45, 2.75) is 62.9 Å². The van der Waals surface area contributed by atoms with Crippen molar-refractivity contribution >= 4 is 36.5 Å². The fourth-order valence-electron chi connectivity index (χ4n) is 6.68. The number of carbonyl (C=O) groups excluding carboxylic acids is 2. The zero-order valence-corrected chi connectivity index (χ0v) is 24.7. The van der Waals surface area contributed by atoms with Gasteiger partial charge in [0.2, 0.25) is 0 Å². The van der Waals surface area contributed by atoms with Crippen LogP contribution in [0, 0.1) is 16.0 Å². The number of benzene rings is 2. The highest BCUT2D eigenvalue weighted by molar-refractivity contribution is 6.91. The van der Waals surface area contributed by atoms with E-state index in [9.17, 15) is 24.8 Å². The molecule has 2 aliphatic heterocycles. The Hall–Kier alpha value is -3.28. The maximum absolute atomic E-state index is 14.4. The van der Waals surface area contributed by atoms with Crippen LogP contribution in [0.5, 0.6) is 5.75 Å². The number of esters is 1. The number of ether oxygens (including phenoxy) is 3. The van der Waals surface area contributed by atoms with Crippen LogP contribution in [-0.4, -0.2) is 63.5 Å². The molecule has 2 aromatic rings. The van der Waals surface area contributed by atoms with Crippen molar-refractivity contribution < 1.29 is 33.8 Å². The number of nitrogens with zero attached hydrogens (tertiary/aromatic N) is 2. The first-order valence-corrected chi connectivity index (χ1v) is 16.7. The number of aliphatic hydroxyl groups excluding tert-OH is 1. The summed E-state index contributed by atoms with van der Waals surface area (Å²) in [5.74, 6) is -0.129. The summed E-state index contributed by atoms with van der Waals surface area (Å²) < 4.78 is 16.8. The summed E-state index contributed by atoms with van der Waals surface area (Å²) in [4.78, 5) is 38.9. The molecule has 1 N–H and O–H groups in total. The number of hydrogen-bond donors (Lipinski definition) is 1. The first-order chi connectivity index (χ1) is 19.0. The van der Waals surface area contributed by atoms with Gasteiger partial charge in [-0.25, -0.2) is 0 Å². The second kappa shape index (κ2) is 11.7. The molecular weight excluding hydrogens is 532 g/mol. The molecule has 0 bridgehead atoms. The Bertz CT molecular complexity index is 1270. The third kappa shape index (κ3) is 5.01. The molecule has 1 saturated heterocycles. The second-order valence-electron chi connectivity index (χ2n) is 11.1. The topological polar surface area (TPSA) is 128 Å². The fourth-order valence-corrected chi connectivity index (χ4v) is 10.7. The van der Waals surface area contributed by atoms with Gasteiger partial charge in [0.25, 0.3) is 11.6 Å². The van der Waals surface area contributed by atoms with Crippen molar-refractivity contribution in [3.05, 3.63) is 58.1 Å². The lowest BCUT2D eigenvalue weighted by atomic mass is 9.82. The largest absolute Gasteiger partial charge is 0.497 e. The maximum atomic E-state index is 14.4. The van der Waals surface area contributed by atoms with E-state index in [1.165, 1.54) is 19.2 Å². The Balaban J connectivity index is 1.77. The summed E-state index contributed by atoms with van der Waals surface area (Å²) in [7, 11) is 0.618. The molecule has 2 heterocycles. The maximum Gasteiger partial charge on any atom is 0.305 e. The van der Waals surface area contributed by atoms with Crippen LogP contribution in [0.3, 0.4) is 0 Å². The number of hydrogen-bond acceptors (Lipinski definition) is 8. The predicted molar refractivity (Wildman–Crippen MR) is 153 cm³/mol. The van der Waals surface area contributed by atoms with Crippen molar-refractivity contribution in [3.8, 4) is 5.75 Å². The number of fused-ring (bicyclic) bond motifs is 2. The second-order valence-corrected chi connectivity index (χ2v) is 15.8. The third-order valence-corrected chi connectivity index (χ3v) is 13.0. The van der Waals surface area contributed by atoms with E-state index < -0.39 is 24.7 Å². The lowest BCUT2D eigenvalue weighted by Crippen LogP contribution is -2.52. The van der Waals surface area contributed by atoms with Crippen molar-refractivity contribution in [2.75, 3.05) is 32.3 Å². The highest BCUT2D eigenvalue weighted by Crippen LogP contribution is 2.60. The van der Waals surface area contributed by atoms with E-state index in [-0.39, 0.29) is 42.1 Å². The highest BCUT2D eigenvalue weighted by atomic mass is 28.3. The number of non-ortho nitro benzene ring substituents is 1. The number of unbranched alkanes of at least 4 members (excludes halogenated alkanes) is 1. The molecule has 0 aliphatic carbocycles. The van der Waals surface area contributed by atoms with Crippen LogP contribution < -0.4 is 14.8 Å². The van der Waals surface area contributed by atoms with Crippen molar-refractivity contribution in [3.63, 3.8) is 0 Å². The van der Waals surface area contributed by atoms with Gasteiger partial charge in [-0.05, 0) is 43.0 Å². The first kappa shape index (κ1) is 29.7. The number of nitro groups is 1. The van der Waals surface area contributed by atoms with Gasteiger partial charge in [-0.1, -0.05) is 37.3 Å². The molecule has 0 unspecified atom stereocenters. The standard InChI is InChI=1S/C29H38N2O8Si/c1-19-27(40(4,5)22-12-10-21(37-2)11-13-22)25(15-17-32)39-29(19)23-18-20(31(35)36)9-14-24(23)30(28(29)34)16-7-6-8-26(33)38-3/h9-14,18-19,25,27,32H,6-8,15-17H2,1-5H3/t19-,25+,27-,29+/m1/s1.